The summed E-state index contributed by atoms with van der Waals surface area (Å²) in [5.41, 5.74) is 6.05. The van der Waals surface area contributed by atoms with E-state index in [4.69, 9.17) is 15.6 Å². The molecule has 4 nitrogen and oxygen atoms in total. The van der Waals surface area contributed by atoms with Crippen molar-refractivity contribution < 1.29 is 9.84 Å². The standard InChI is InChI=1S/C11H24N2O2/c1-2-4-13(5-6-14)8-10-9-15-7-3-11(10)12/h10-11,14H,2-9,12H2,1H3. The van der Waals surface area contributed by atoms with Crippen LogP contribution in [0.5, 0.6) is 0 Å². The lowest BCUT2D eigenvalue weighted by molar-refractivity contribution is 0.0238. The van der Waals surface area contributed by atoms with Gasteiger partial charge in [-0.05, 0) is 19.4 Å². The lowest BCUT2D eigenvalue weighted by Crippen LogP contribution is -2.45. The zero-order valence-electron chi connectivity index (χ0n) is 9.69. The van der Waals surface area contributed by atoms with Crippen molar-refractivity contribution >= 4 is 0 Å². The topological polar surface area (TPSA) is 58.7 Å². The summed E-state index contributed by atoms with van der Waals surface area (Å²) < 4.78 is 5.44. The third-order valence-corrected chi connectivity index (χ3v) is 2.98. The predicted octanol–water partition coefficient (Wildman–Crippen LogP) is 0.0545. The van der Waals surface area contributed by atoms with Gasteiger partial charge in [0, 0.05) is 31.7 Å². The first-order valence-corrected chi connectivity index (χ1v) is 5.94. The molecule has 1 fully saturated rings. The molecule has 1 heterocycles. The van der Waals surface area contributed by atoms with Crippen LogP contribution in [0.1, 0.15) is 19.8 Å². The van der Waals surface area contributed by atoms with Crippen molar-refractivity contribution in [2.45, 2.75) is 25.8 Å². The first-order chi connectivity index (χ1) is 7.27. The van der Waals surface area contributed by atoms with Crippen molar-refractivity contribution in [1.82, 2.24) is 4.90 Å². The number of aliphatic hydroxyl groups is 1. The Balaban J connectivity index is 2.33. The number of rotatable bonds is 6. The van der Waals surface area contributed by atoms with Crippen LogP contribution in [-0.2, 0) is 4.74 Å². The largest absolute Gasteiger partial charge is 0.395 e. The zero-order chi connectivity index (χ0) is 11.1. The molecule has 2 unspecified atom stereocenters. The zero-order valence-corrected chi connectivity index (χ0v) is 9.69. The average molecular weight is 216 g/mol. The van der Waals surface area contributed by atoms with Crippen LogP contribution in [0.3, 0.4) is 0 Å². The second-order valence-electron chi connectivity index (χ2n) is 4.31. The third kappa shape index (κ3) is 4.47. The van der Waals surface area contributed by atoms with Gasteiger partial charge in [0.25, 0.3) is 0 Å². The minimum Gasteiger partial charge on any atom is -0.395 e. The molecule has 0 aliphatic carbocycles. The summed E-state index contributed by atoms with van der Waals surface area (Å²) in [6, 6.07) is 0.261. The van der Waals surface area contributed by atoms with Gasteiger partial charge in [0.2, 0.25) is 0 Å². The van der Waals surface area contributed by atoms with Crippen molar-refractivity contribution in [3.8, 4) is 0 Å². The highest BCUT2D eigenvalue weighted by atomic mass is 16.5. The third-order valence-electron chi connectivity index (χ3n) is 2.98. The van der Waals surface area contributed by atoms with Crippen LogP contribution in [0.15, 0.2) is 0 Å². The average Bonchev–Trinajstić information content (AvgIpc) is 2.22. The highest BCUT2D eigenvalue weighted by Crippen LogP contribution is 2.14. The monoisotopic (exact) mass is 216 g/mol. The molecule has 0 radical (unpaired) electrons. The normalized spacial score (nSPS) is 27.2. The highest BCUT2D eigenvalue weighted by molar-refractivity contribution is 4.79. The molecule has 0 aromatic rings. The smallest absolute Gasteiger partial charge is 0.0558 e. The van der Waals surface area contributed by atoms with Gasteiger partial charge >= 0.3 is 0 Å². The Kier molecular flexibility index (Phi) is 6.17. The van der Waals surface area contributed by atoms with Gasteiger partial charge in [-0.25, -0.2) is 0 Å². The molecule has 0 aromatic carbocycles. The van der Waals surface area contributed by atoms with E-state index >= 15 is 0 Å². The fourth-order valence-corrected chi connectivity index (χ4v) is 2.09. The maximum atomic E-state index is 8.95. The van der Waals surface area contributed by atoms with E-state index < -0.39 is 0 Å². The predicted molar refractivity (Wildman–Crippen MR) is 60.7 cm³/mol. The van der Waals surface area contributed by atoms with Crippen LogP contribution in [-0.4, -0.2) is 55.5 Å². The second kappa shape index (κ2) is 7.17. The Morgan fingerprint density at radius 1 is 1.47 bits per heavy atom. The van der Waals surface area contributed by atoms with Crippen molar-refractivity contribution in [2.75, 3.05) is 39.5 Å². The summed E-state index contributed by atoms with van der Waals surface area (Å²) in [7, 11) is 0. The molecular formula is C11H24N2O2. The quantitative estimate of drug-likeness (QED) is 0.659. The number of aliphatic hydroxyl groups excluding tert-OH is 1. The van der Waals surface area contributed by atoms with E-state index in [2.05, 4.69) is 11.8 Å². The molecule has 0 saturated carbocycles. The summed E-state index contributed by atoms with van der Waals surface area (Å²) in [6.45, 7) is 6.68. The number of nitrogens with zero attached hydrogens (tertiary/aromatic N) is 1. The second-order valence-corrected chi connectivity index (χ2v) is 4.31. The number of ether oxygens (including phenoxy) is 1. The molecule has 90 valence electrons. The molecule has 0 amide bonds. The summed E-state index contributed by atoms with van der Waals surface area (Å²) >= 11 is 0. The molecule has 0 aromatic heterocycles. The van der Waals surface area contributed by atoms with E-state index in [1.165, 1.54) is 0 Å². The van der Waals surface area contributed by atoms with Crippen molar-refractivity contribution in [1.29, 1.82) is 0 Å². The van der Waals surface area contributed by atoms with E-state index in [1.807, 2.05) is 0 Å². The van der Waals surface area contributed by atoms with Crippen LogP contribution in [0, 0.1) is 5.92 Å². The van der Waals surface area contributed by atoms with Gasteiger partial charge in [-0.15, -0.1) is 0 Å². The Morgan fingerprint density at radius 3 is 2.87 bits per heavy atom. The number of nitrogens with two attached hydrogens (primary N) is 1. The maximum absolute atomic E-state index is 8.95. The summed E-state index contributed by atoms with van der Waals surface area (Å²) in [4.78, 5) is 2.28. The molecule has 4 heteroatoms. The first kappa shape index (κ1) is 12.9. The fourth-order valence-electron chi connectivity index (χ4n) is 2.09. The maximum Gasteiger partial charge on any atom is 0.0558 e. The Labute approximate surface area is 92.4 Å². The van der Waals surface area contributed by atoms with Gasteiger partial charge < -0.3 is 20.5 Å². The lowest BCUT2D eigenvalue weighted by atomic mass is 9.96. The minimum absolute atomic E-state index is 0.225. The van der Waals surface area contributed by atoms with Crippen LogP contribution >= 0.6 is 0 Å². The SMILES string of the molecule is CCCN(CCO)CC1COCCC1N. The van der Waals surface area contributed by atoms with Crippen molar-refractivity contribution in [3.63, 3.8) is 0 Å². The van der Waals surface area contributed by atoms with E-state index in [-0.39, 0.29) is 12.6 Å². The van der Waals surface area contributed by atoms with Crippen LogP contribution in [0.25, 0.3) is 0 Å². The summed E-state index contributed by atoms with van der Waals surface area (Å²) in [5, 5.41) is 8.95. The molecule has 15 heavy (non-hydrogen) atoms. The fraction of sp³-hybridized carbons (Fsp3) is 1.00. The Hall–Kier alpha value is -0.160. The van der Waals surface area contributed by atoms with Gasteiger partial charge in [-0.1, -0.05) is 6.92 Å². The van der Waals surface area contributed by atoms with Crippen LogP contribution in [0.4, 0.5) is 0 Å². The molecule has 0 spiro atoms. The van der Waals surface area contributed by atoms with Gasteiger partial charge in [-0.3, -0.25) is 0 Å². The van der Waals surface area contributed by atoms with Gasteiger partial charge in [-0.2, -0.15) is 0 Å². The Bertz CT molecular complexity index is 161. The van der Waals surface area contributed by atoms with Crippen molar-refractivity contribution in [2.24, 2.45) is 11.7 Å². The molecule has 1 rings (SSSR count). The van der Waals surface area contributed by atoms with E-state index in [9.17, 15) is 0 Å². The molecule has 1 aliphatic heterocycles. The highest BCUT2D eigenvalue weighted by Gasteiger charge is 2.24. The van der Waals surface area contributed by atoms with E-state index in [0.29, 0.717) is 5.92 Å². The van der Waals surface area contributed by atoms with Gasteiger partial charge in [0.15, 0.2) is 0 Å². The summed E-state index contributed by atoms with van der Waals surface area (Å²) in [6.07, 6.45) is 2.08. The summed E-state index contributed by atoms with van der Waals surface area (Å²) in [5.74, 6) is 0.428. The van der Waals surface area contributed by atoms with E-state index in [1.54, 1.807) is 0 Å². The molecule has 2 atom stereocenters. The first-order valence-electron chi connectivity index (χ1n) is 5.94. The van der Waals surface area contributed by atoms with Crippen LogP contribution < -0.4 is 5.73 Å². The Morgan fingerprint density at radius 2 is 2.27 bits per heavy atom. The van der Waals surface area contributed by atoms with E-state index in [0.717, 1.165) is 45.7 Å². The lowest BCUT2D eigenvalue weighted by Gasteiger charge is -2.33. The minimum atomic E-state index is 0.225. The molecule has 3 N–H and O–H groups in total. The number of hydrogen-bond donors (Lipinski definition) is 2. The van der Waals surface area contributed by atoms with Gasteiger partial charge in [0.1, 0.15) is 0 Å². The van der Waals surface area contributed by atoms with Gasteiger partial charge in [0.05, 0.1) is 13.2 Å². The molecule has 0 bridgehead atoms. The molecular weight excluding hydrogens is 192 g/mol. The molecule has 1 aliphatic rings. The van der Waals surface area contributed by atoms with Crippen molar-refractivity contribution in [3.05, 3.63) is 0 Å². The van der Waals surface area contributed by atoms with Crippen LogP contribution in [0.2, 0.25) is 0 Å². The number of hydrogen-bond acceptors (Lipinski definition) is 4. The molecule has 1 saturated heterocycles.